The number of hydrogen-bond donors (Lipinski definition) is 3. The number of anilines is 1. The van der Waals surface area contributed by atoms with Crippen LogP contribution >= 0.6 is 0 Å². The van der Waals surface area contributed by atoms with Gasteiger partial charge in [0.2, 0.25) is 0 Å². The third kappa shape index (κ3) is 5.63. The number of amidine groups is 1. The Bertz CT molecular complexity index is 2600. The predicted molar refractivity (Wildman–Crippen MR) is 230 cm³/mol. The Morgan fingerprint density at radius 2 is 1.55 bits per heavy atom. The van der Waals surface area contributed by atoms with E-state index in [1.807, 2.05) is 18.3 Å². The summed E-state index contributed by atoms with van der Waals surface area (Å²) in [7, 11) is 0. The molecule has 3 aliphatic carbocycles. The number of nitrogens with zero attached hydrogens (tertiary/aromatic N) is 3. The van der Waals surface area contributed by atoms with Gasteiger partial charge in [-0.1, -0.05) is 109 Å². The van der Waals surface area contributed by atoms with E-state index in [-0.39, 0.29) is 18.4 Å². The van der Waals surface area contributed by atoms with Crippen molar-refractivity contribution in [3.05, 3.63) is 203 Å². The molecule has 4 aromatic carbocycles. The van der Waals surface area contributed by atoms with Crippen LogP contribution in [-0.2, 0) is 6.42 Å². The van der Waals surface area contributed by atoms with Crippen LogP contribution in [-0.4, -0.2) is 22.6 Å². The number of allylic oxidation sites excluding steroid dienone is 10. The zero-order valence-electron chi connectivity index (χ0n) is 31.3. The zero-order chi connectivity index (χ0) is 37.0. The monoisotopic (exact) mass is 728 g/mol. The van der Waals surface area contributed by atoms with E-state index in [4.69, 9.17) is 4.99 Å². The molecule has 11 rings (SSSR count). The fourth-order valence-electron chi connectivity index (χ4n) is 9.55. The maximum Gasteiger partial charge on any atom is 0.131 e. The minimum absolute atomic E-state index is 0.0364. The lowest BCUT2D eigenvalue weighted by Crippen LogP contribution is -2.59. The standard InChI is InChI=1S/C50H44N6/c1-3-13-33(14-4-1)48-52-49(54-50(53-48)43-19-11-12-30-51-43)34-22-26-38(27-23-34)56-45-21-10-8-18-40(45)42-32-36(25-29-47(42)56)35-24-28-46-41(31-35)39-17-7-9-20-44(39)55(46)37-15-5-2-6-16-37/h1-8,11-19,22-30,32,41,43,49-51,54H,9-10,20-21,31H2,(H,52,53). The smallest absolute Gasteiger partial charge is 0.131 e. The van der Waals surface area contributed by atoms with Gasteiger partial charge in [-0.05, 0) is 109 Å². The number of para-hydroxylation sites is 1. The van der Waals surface area contributed by atoms with Crippen molar-refractivity contribution in [3.63, 3.8) is 0 Å². The molecule has 6 aliphatic rings. The number of dihydropyridines is 1. The first-order valence-electron chi connectivity index (χ1n) is 20.1. The molecule has 0 fully saturated rings. The summed E-state index contributed by atoms with van der Waals surface area (Å²) in [6, 6.07) is 37.6. The van der Waals surface area contributed by atoms with Crippen molar-refractivity contribution in [1.82, 2.24) is 20.5 Å². The molecule has 0 saturated carbocycles. The van der Waals surface area contributed by atoms with Gasteiger partial charge in [0, 0.05) is 50.9 Å². The van der Waals surface area contributed by atoms with Gasteiger partial charge in [-0.25, -0.2) is 4.99 Å². The SMILES string of the molecule is C1=CNC(C2NC(c3ccccc3)=NC(c3ccc(-n4c5c(c6cc(C7=CC=C8C(C7)C7=C(CCC=C7)N8c7ccccc7)ccc64)C=CCC5)cc3)N2)C=C1. The highest BCUT2D eigenvalue weighted by atomic mass is 15.3. The predicted octanol–water partition coefficient (Wildman–Crippen LogP) is 10.0. The molecule has 0 spiro atoms. The lowest BCUT2D eigenvalue weighted by Gasteiger charge is -2.36. The molecule has 274 valence electrons. The van der Waals surface area contributed by atoms with E-state index in [0.717, 1.165) is 49.1 Å². The van der Waals surface area contributed by atoms with Crippen LogP contribution in [0.25, 0.3) is 28.2 Å². The highest BCUT2D eigenvalue weighted by Gasteiger charge is 2.38. The molecule has 4 heterocycles. The second-order valence-corrected chi connectivity index (χ2v) is 15.5. The fourth-order valence-corrected chi connectivity index (χ4v) is 9.55. The molecular weight excluding hydrogens is 685 g/mol. The third-order valence-electron chi connectivity index (χ3n) is 12.2. The van der Waals surface area contributed by atoms with E-state index >= 15 is 0 Å². The first-order valence-corrected chi connectivity index (χ1v) is 20.1. The number of nitrogens with one attached hydrogen (secondary N) is 3. The van der Waals surface area contributed by atoms with Crippen LogP contribution in [0.2, 0.25) is 0 Å². The Morgan fingerprint density at radius 1 is 0.732 bits per heavy atom. The van der Waals surface area contributed by atoms with Crippen molar-refractivity contribution in [2.45, 2.75) is 50.5 Å². The van der Waals surface area contributed by atoms with E-state index in [1.54, 1.807) is 0 Å². The van der Waals surface area contributed by atoms with Crippen molar-refractivity contribution in [1.29, 1.82) is 0 Å². The molecule has 3 N–H and O–H groups in total. The van der Waals surface area contributed by atoms with E-state index in [1.165, 1.54) is 61.6 Å². The van der Waals surface area contributed by atoms with Gasteiger partial charge in [0.25, 0.3) is 0 Å². The lowest BCUT2D eigenvalue weighted by molar-refractivity contribution is 0.354. The maximum absolute atomic E-state index is 5.19. The highest BCUT2D eigenvalue weighted by molar-refractivity contribution is 5.99. The van der Waals surface area contributed by atoms with Crippen LogP contribution in [0.3, 0.4) is 0 Å². The van der Waals surface area contributed by atoms with Gasteiger partial charge in [-0.3, -0.25) is 5.32 Å². The van der Waals surface area contributed by atoms with Crippen LogP contribution in [0.4, 0.5) is 5.69 Å². The molecule has 4 atom stereocenters. The fraction of sp³-hybridized carbons (Fsp3) is 0.180. The average molecular weight is 729 g/mol. The van der Waals surface area contributed by atoms with Gasteiger partial charge >= 0.3 is 0 Å². The molecule has 3 aliphatic heterocycles. The first-order chi connectivity index (χ1) is 27.8. The van der Waals surface area contributed by atoms with Gasteiger partial charge in [0.05, 0.1) is 11.6 Å². The van der Waals surface area contributed by atoms with E-state index < -0.39 is 0 Å². The van der Waals surface area contributed by atoms with E-state index in [0.29, 0.717) is 5.92 Å². The molecule has 6 heteroatoms. The van der Waals surface area contributed by atoms with Gasteiger partial charge in [-0.15, -0.1) is 0 Å². The minimum atomic E-state index is -0.193. The molecule has 4 unspecified atom stereocenters. The number of hydrogen-bond acceptors (Lipinski definition) is 5. The topological polar surface area (TPSA) is 56.6 Å². The van der Waals surface area contributed by atoms with Crippen molar-refractivity contribution >= 4 is 34.1 Å². The summed E-state index contributed by atoms with van der Waals surface area (Å²) < 4.78 is 2.49. The summed E-state index contributed by atoms with van der Waals surface area (Å²) >= 11 is 0. The van der Waals surface area contributed by atoms with Crippen LogP contribution in [0.1, 0.15) is 59.8 Å². The zero-order valence-corrected chi connectivity index (χ0v) is 31.3. The molecule has 0 saturated heterocycles. The summed E-state index contributed by atoms with van der Waals surface area (Å²) in [5.74, 6) is 1.27. The Hall–Kier alpha value is -6.37. The summed E-state index contributed by atoms with van der Waals surface area (Å²) in [5, 5.41) is 12.2. The van der Waals surface area contributed by atoms with Crippen LogP contribution in [0.5, 0.6) is 0 Å². The number of benzene rings is 4. The second kappa shape index (κ2) is 13.7. The number of rotatable bonds is 6. The van der Waals surface area contributed by atoms with Gasteiger partial charge in [0.15, 0.2) is 0 Å². The van der Waals surface area contributed by atoms with Gasteiger partial charge in [0.1, 0.15) is 18.2 Å². The Labute approximate surface area is 328 Å². The van der Waals surface area contributed by atoms with Gasteiger partial charge < -0.3 is 20.1 Å². The maximum atomic E-state index is 5.19. The summed E-state index contributed by atoms with van der Waals surface area (Å²) in [6.45, 7) is 0. The Morgan fingerprint density at radius 3 is 2.39 bits per heavy atom. The largest absolute Gasteiger partial charge is 0.381 e. The third-order valence-corrected chi connectivity index (χ3v) is 12.2. The first kappa shape index (κ1) is 33.0. The van der Waals surface area contributed by atoms with Crippen molar-refractivity contribution < 1.29 is 0 Å². The van der Waals surface area contributed by atoms with E-state index in [2.05, 4.69) is 171 Å². The molecule has 1 aromatic heterocycles. The molecule has 6 nitrogen and oxygen atoms in total. The second-order valence-electron chi connectivity index (χ2n) is 15.5. The van der Waals surface area contributed by atoms with Crippen molar-refractivity contribution in [2.24, 2.45) is 10.9 Å². The molecule has 56 heavy (non-hydrogen) atoms. The van der Waals surface area contributed by atoms with Crippen LogP contribution in [0, 0.1) is 5.92 Å². The molecular formula is C50H44N6. The molecule has 5 aromatic rings. The van der Waals surface area contributed by atoms with Crippen LogP contribution < -0.4 is 20.9 Å². The Kier molecular flexibility index (Phi) is 8.09. The van der Waals surface area contributed by atoms with E-state index in [9.17, 15) is 0 Å². The number of aliphatic imine (C=N–C) groups is 1. The highest BCUT2D eigenvalue weighted by Crippen LogP contribution is 2.50. The average Bonchev–Trinajstić information content (AvgIpc) is 3.79. The lowest BCUT2D eigenvalue weighted by atomic mass is 9.83. The number of fused-ring (bicyclic) bond motifs is 5. The normalized spacial score (nSPS) is 23.5. The number of aromatic nitrogens is 1. The molecule has 0 radical (unpaired) electrons. The Balaban J connectivity index is 0.928. The van der Waals surface area contributed by atoms with Crippen LogP contribution in [0.15, 0.2) is 180 Å². The molecule has 0 amide bonds. The molecule has 0 bridgehead atoms. The van der Waals surface area contributed by atoms with Crippen molar-refractivity contribution in [3.8, 4) is 5.69 Å². The summed E-state index contributed by atoms with van der Waals surface area (Å²) in [5.41, 5.74) is 15.8. The van der Waals surface area contributed by atoms with Crippen molar-refractivity contribution in [2.75, 3.05) is 4.90 Å². The van der Waals surface area contributed by atoms with Gasteiger partial charge in [-0.2, -0.15) is 0 Å². The summed E-state index contributed by atoms with van der Waals surface area (Å²) in [6.07, 6.45) is 27.6. The summed E-state index contributed by atoms with van der Waals surface area (Å²) in [4.78, 5) is 7.72. The minimum Gasteiger partial charge on any atom is -0.381 e. The quantitative estimate of drug-likeness (QED) is 0.163.